The third kappa shape index (κ3) is 1.46. The molecule has 0 N–H and O–H groups in total. The first-order valence-corrected chi connectivity index (χ1v) is 3.83. The van der Waals surface area contributed by atoms with E-state index in [2.05, 4.69) is 21.8 Å². The summed E-state index contributed by atoms with van der Waals surface area (Å²) in [5.41, 5.74) is 0.997. The molecular weight excluding hydrogens is 164 g/mol. The topological polar surface area (TPSA) is 43.6 Å². The molecule has 0 unspecified atom stereocenters. The lowest BCUT2D eigenvalue weighted by Crippen LogP contribution is -1.93. The van der Waals surface area contributed by atoms with E-state index >= 15 is 0 Å². The van der Waals surface area contributed by atoms with Crippen molar-refractivity contribution in [2.24, 2.45) is 0 Å². The Hall–Kier alpha value is -1.97. The molecule has 13 heavy (non-hydrogen) atoms. The summed E-state index contributed by atoms with van der Waals surface area (Å²) in [6.07, 6.45) is 6.72. The van der Waals surface area contributed by atoms with Crippen LogP contribution < -0.4 is 0 Å². The average molecular weight is 172 g/mol. The summed E-state index contributed by atoms with van der Waals surface area (Å²) >= 11 is 0. The number of hydrogen-bond donors (Lipinski definition) is 0. The maximum Gasteiger partial charge on any atom is 0.139 e. The van der Waals surface area contributed by atoms with Crippen molar-refractivity contribution >= 4 is 6.08 Å². The lowest BCUT2D eigenvalue weighted by molar-refractivity contribution is 0.990. The average Bonchev–Trinajstić information content (AvgIpc) is 2.71. The van der Waals surface area contributed by atoms with Crippen molar-refractivity contribution in [3.05, 3.63) is 43.1 Å². The molecule has 4 nitrogen and oxygen atoms in total. The van der Waals surface area contributed by atoms with Gasteiger partial charge >= 0.3 is 0 Å². The van der Waals surface area contributed by atoms with E-state index in [1.807, 2.05) is 12.1 Å². The van der Waals surface area contributed by atoms with Crippen LogP contribution in [0.2, 0.25) is 0 Å². The van der Waals surface area contributed by atoms with Crippen LogP contribution in [0.25, 0.3) is 11.9 Å². The van der Waals surface area contributed by atoms with Gasteiger partial charge < -0.3 is 0 Å². The molecule has 0 aliphatic carbocycles. The molecule has 0 bridgehead atoms. The lowest BCUT2D eigenvalue weighted by Gasteiger charge is -1.98. The fourth-order valence-corrected chi connectivity index (χ4v) is 0.990. The summed E-state index contributed by atoms with van der Waals surface area (Å²) in [5.74, 6) is 0.801. The normalized spacial score (nSPS) is 9.85. The van der Waals surface area contributed by atoms with E-state index in [1.54, 1.807) is 29.5 Å². The second kappa shape index (κ2) is 3.18. The van der Waals surface area contributed by atoms with Gasteiger partial charge in [0, 0.05) is 6.20 Å². The molecular formula is C9H8N4. The largest absolute Gasteiger partial charge is 0.272 e. The number of hydrogen-bond acceptors (Lipinski definition) is 3. The first-order valence-electron chi connectivity index (χ1n) is 3.83. The number of aromatic nitrogens is 4. The van der Waals surface area contributed by atoms with Gasteiger partial charge in [0.25, 0.3) is 0 Å². The summed E-state index contributed by atoms with van der Waals surface area (Å²) in [5, 5.41) is 7.39. The fraction of sp³-hybridized carbons (Fsp3) is 0. The van der Waals surface area contributed by atoms with Gasteiger partial charge in [0.1, 0.15) is 18.5 Å². The van der Waals surface area contributed by atoms with Crippen LogP contribution in [0.4, 0.5) is 0 Å². The second-order valence-electron chi connectivity index (χ2n) is 2.52. The molecule has 4 heteroatoms. The van der Waals surface area contributed by atoms with Gasteiger partial charge in [-0.3, -0.25) is 4.57 Å². The van der Waals surface area contributed by atoms with E-state index in [-0.39, 0.29) is 0 Å². The molecule has 0 aliphatic heterocycles. The lowest BCUT2D eigenvalue weighted by atomic mass is 10.3. The minimum Gasteiger partial charge on any atom is -0.272 e. The molecule has 0 aliphatic rings. The molecule has 2 rings (SSSR count). The van der Waals surface area contributed by atoms with Crippen molar-refractivity contribution < 1.29 is 0 Å². The number of rotatable bonds is 2. The highest BCUT2D eigenvalue weighted by Crippen LogP contribution is 2.04. The van der Waals surface area contributed by atoms with Crippen LogP contribution in [0.5, 0.6) is 0 Å². The van der Waals surface area contributed by atoms with Gasteiger partial charge in [-0.25, -0.2) is 4.98 Å². The molecule has 2 aromatic heterocycles. The molecule has 0 atom stereocenters. The van der Waals surface area contributed by atoms with Gasteiger partial charge in [0.05, 0.1) is 0 Å². The first kappa shape index (κ1) is 7.67. The van der Waals surface area contributed by atoms with Gasteiger partial charge in [-0.2, -0.15) is 0 Å². The Morgan fingerprint density at radius 1 is 1.23 bits per heavy atom. The Morgan fingerprint density at radius 2 is 2.00 bits per heavy atom. The predicted molar refractivity (Wildman–Crippen MR) is 49.2 cm³/mol. The zero-order valence-corrected chi connectivity index (χ0v) is 6.96. The molecule has 2 heterocycles. The van der Waals surface area contributed by atoms with E-state index in [4.69, 9.17) is 0 Å². The minimum atomic E-state index is 0.801. The van der Waals surface area contributed by atoms with Crippen molar-refractivity contribution in [1.29, 1.82) is 0 Å². The molecule has 0 aromatic carbocycles. The number of nitrogens with zero attached hydrogens (tertiary/aromatic N) is 4. The van der Waals surface area contributed by atoms with Gasteiger partial charge in [0.15, 0.2) is 0 Å². The zero-order chi connectivity index (χ0) is 9.10. The van der Waals surface area contributed by atoms with Crippen molar-refractivity contribution in [2.45, 2.75) is 0 Å². The predicted octanol–water partition coefficient (Wildman–Crippen LogP) is 1.31. The highest BCUT2D eigenvalue weighted by molar-refractivity contribution is 5.46. The summed E-state index contributed by atoms with van der Waals surface area (Å²) in [6, 6.07) is 3.83. The van der Waals surface area contributed by atoms with Gasteiger partial charge in [0.2, 0.25) is 0 Å². The Labute approximate surface area is 75.6 Å². The maximum absolute atomic E-state index is 4.20. The van der Waals surface area contributed by atoms with Crippen LogP contribution in [0.15, 0.2) is 37.6 Å². The van der Waals surface area contributed by atoms with Crippen LogP contribution in [0.1, 0.15) is 5.56 Å². The van der Waals surface area contributed by atoms with Gasteiger partial charge in [-0.15, -0.1) is 10.2 Å². The summed E-state index contributed by atoms with van der Waals surface area (Å²) in [4.78, 5) is 4.20. The van der Waals surface area contributed by atoms with Crippen molar-refractivity contribution in [2.75, 3.05) is 0 Å². The molecule has 0 saturated carbocycles. The first-order chi connectivity index (χ1) is 6.40. The molecule has 0 spiro atoms. The Balaban J connectivity index is 2.38. The summed E-state index contributed by atoms with van der Waals surface area (Å²) in [7, 11) is 0. The van der Waals surface area contributed by atoms with E-state index in [9.17, 15) is 0 Å². The highest BCUT2D eigenvalue weighted by Gasteiger charge is 1.95. The fourth-order valence-electron chi connectivity index (χ4n) is 0.990. The maximum atomic E-state index is 4.20. The molecule has 2 aromatic rings. The van der Waals surface area contributed by atoms with E-state index in [0.717, 1.165) is 11.4 Å². The van der Waals surface area contributed by atoms with Crippen LogP contribution in [-0.2, 0) is 0 Å². The minimum absolute atomic E-state index is 0.801. The van der Waals surface area contributed by atoms with Crippen LogP contribution >= 0.6 is 0 Å². The van der Waals surface area contributed by atoms with Crippen molar-refractivity contribution in [1.82, 2.24) is 19.7 Å². The monoisotopic (exact) mass is 172 g/mol. The Bertz CT molecular complexity index is 388. The summed E-state index contributed by atoms with van der Waals surface area (Å²) < 4.78 is 1.74. The van der Waals surface area contributed by atoms with Crippen LogP contribution in [0, 0.1) is 0 Å². The Kier molecular flexibility index (Phi) is 1.88. The van der Waals surface area contributed by atoms with Gasteiger partial charge in [-0.1, -0.05) is 12.7 Å². The van der Waals surface area contributed by atoms with E-state index < -0.39 is 0 Å². The smallest absolute Gasteiger partial charge is 0.139 e. The molecule has 64 valence electrons. The highest BCUT2D eigenvalue weighted by atomic mass is 15.2. The summed E-state index contributed by atoms with van der Waals surface area (Å²) in [6.45, 7) is 3.65. The third-order valence-corrected chi connectivity index (χ3v) is 1.69. The van der Waals surface area contributed by atoms with Crippen molar-refractivity contribution in [3.8, 4) is 5.82 Å². The zero-order valence-electron chi connectivity index (χ0n) is 6.96. The number of pyridine rings is 1. The second-order valence-corrected chi connectivity index (χ2v) is 2.52. The Morgan fingerprint density at radius 3 is 2.54 bits per heavy atom. The van der Waals surface area contributed by atoms with E-state index in [1.165, 1.54) is 0 Å². The quantitative estimate of drug-likeness (QED) is 0.685. The van der Waals surface area contributed by atoms with Crippen molar-refractivity contribution in [3.63, 3.8) is 0 Å². The standard InChI is InChI=1S/C9H8N4/c1-2-8-3-4-9(10-5-8)13-6-11-12-7-13/h2-7H,1H2. The van der Waals surface area contributed by atoms with Crippen LogP contribution in [0.3, 0.4) is 0 Å². The molecule has 0 amide bonds. The van der Waals surface area contributed by atoms with Crippen LogP contribution in [-0.4, -0.2) is 19.7 Å². The third-order valence-electron chi connectivity index (χ3n) is 1.69. The molecule has 0 radical (unpaired) electrons. The van der Waals surface area contributed by atoms with E-state index in [0.29, 0.717) is 0 Å². The molecule has 0 saturated heterocycles. The van der Waals surface area contributed by atoms with Gasteiger partial charge in [-0.05, 0) is 17.7 Å². The molecule has 0 fully saturated rings. The SMILES string of the molecule is C=Cc1ccc(-n2cnnc2)nc1.